The zero-order valence-corrected chi connectivity index (χ0v) is 18.0. The van der Waals surface area contributed by atoms with Crippen LogP contribution in [0.1, 0.15) is 48.2 Å². The van der Waals surface area contributed by atoms with Crippen LogP contribution in [0.5, 0.6) is 5.75 Å². The Bertz CT molecular complexity index is 581. The summed E-state index contributed by atoms with van der Waals surface area (Å²) in [6, 6.07) is 2.64. The predicted molar refractivity (Wildman–Crippen MR) is 110 cm³/mol. The van der Waals surface area contributed by atoms with Crippen molar-refractivity contribution < 1.29 is 9.53 Å². The van der Waals surface area contributed by atoms with Crippen molar-refractivity contribution in [2.45, 2.75) is 44.6 Å². The lowest BCUT2D eigenvalue weighted by molar-refractivity contribution is 0.0903. The van der Waals surface area contributed by atoms with Crippen LogP contribution in [0.15, 0.2) is 9.85 Å². The summed E-state index contributed by atoms with van der Waals surface area (Å²) in [7, 11) is 1.60. The molecule has 0 radical (unpaired) electrons. The van der Waals surface area contributed by atoms with Crippen molar-refractivity contribution in [3.63, 3.8) is 0 Å². The van der Waals surface area contributed by atoms with Crippen LogP contribution in [0.4, 0.5) is 0 Å². The van der Waals surface area contributed by atoms with E-state index in [9.17, 15) is 4.79 Å². The van der Waals surface area contributed by atoms with Crippen molar-refractivity contribution in [1.29, 1.82) is 0 Å². The molecule has 3 heterocycles. The zero-order chi connectivity index (χ0) is 18.4. The van der Waals surface area contributed by atoms with Gasteiger partial charge in [0.25, 0.3) is 5.91 Å². The molecule has 0 bridgehead atoms. The number of carbonyl (C=O) groups is 1. The summed E-state index contributed by atoms with van der Waals surface area (Å²) in [5.74, 6) is 0.598. The predicted octanol–water partition coefficient (Wildman–Crippen LogP) is 3.59. The SMILES string of the molecule is COc1cc(Br)sc1C(=O)NCCCN1CCC(N2CCCCC2)CC1. The number of hydrogen-bond donors (Lipinski definition) is 1. The molecule has 2 saturated heterocycles. The van der Waals surface area contributed by atoms with E-state index in [4.69, 9.17) is 4.74 Å². The van der Waals surface area contributed by atoms with E-state index < -0.39 is 0 Å². The van der Waals surface area contributed by atoms with Crippen molar-refractivity contribution in [3.8, 4) is 5.75 Å². The summed E-state index contributed by atoms with van der Waals surface area (Å²) < 4.78 is 6.17. The second-order valence-electron chi connectivity index (χ2n) is 7.23. The number of nitrogens with zero attached hydrogens (tertiary/aromatic N) is 2. The lowest BCUT2D eigenvalue weighted by Crippen LogP contribution is -2.47. The molecule has 26 heavy (non-hydrogen) atoms. The smallest absolute Gasteiger partial charge is 0.265 e. The van der Waals surface area contributed by atoms with E-state index >= 15 is 0 Å². The van der Waals surface area contributed by atoms with Gasteiger partial charge in [-0.2, -0.15) is 0 Å². The largest absolute Gasteiger partial charge is 0.495 e. The van der Waals surface area contributed by atoms with Crippen LogP contribution in [0.3, 0.4) is 0 Å². The second kappa shape index (κ2) is 10.1. The van der Waals surface area contributed by atoms with Gasteiger partial charge >= 0.3 is 0 Å². The summed E-state index contributed by atoms with van der Waals surface area (Å²) in [4.78, 5) is 18.2. The summed E-state index contributed by atoms with van der Waals surface area (Å²) >= 11 is 4.82. The van der Waals surface area contributed by atoms with E-state index in [0.29, 0.717) is 17.2 Å². The third-order valence-electron chi connectivity index (χ3n) is 5.49. The standard InChI is InChI=1S/C19H30BrN3O2S/c1-25-16-14-17(20)26-18(16)19(24)21-8-5-9-22-12-6-15(7-13-22)23-10-3-2-4-11-23/h14-15H,2-13H2,1H3,(H,21,24). The van der Waals surface area contributed by atoms with Gasteiger partial charge in [0.15, 0.2) is 0 Å². The maximum Gasteiger partial charge on any atom is 0.265 e. The molecule has 2 aliphatic rings. The number of ether oxygens (including phenoxy) is 1. The van der Waals surface area contributed by atoms with Crippen molar-refractivity contribution in [3.05, 3.63) is 14.7 Å². The Hall–Kier alpha value is -0.630. The molecule has 3 rings (SSSR count). The minimum atomic E-state index is -0.0404. The van der Waals surface area contributed by atoms with Gasteiger partial charge in [-0.05, 0) is 80.8 Å². The Kier molecular flexibility index (Phi) is 7.78. The van der Waals surface area contributed by atoms with Crippen molar-refractivity contribution >= 4 is 33.2 Å². The average molecular weight is 444 g/mol. The Morgan fingerprint density at radius 3 is 2.69 bits per heavy atom. The normalized spacial score (nSPS) is 20.2. The molecule has 0 aromatic carbocycles. The minimum Gasteiger partial charge on any atom is -0.495 e. The molecule has 0 atom stereocenters. The van der Waals surface area contributed by atoms with E-state index in [2.05, 4.69) is 31.0 Å². The van der Waals surface area contributed by atoms with Gasteiger partial charge in [-0.25, -0.2) is 0 Å². The first-order chi connectivity index (χ1) is 12.7. The van der Waals surface area contributed by atoms with Gasteiger partial charge in [-0.1, -0.05) is 6.42 Å². The highest BCUT2D eigenvalue weighted by Crippen LogP contribution is 2.32. The highest BCUT2D eigenvalue weighted by Gasteiger charge is 2.25. The number of halogens is 1. The number of piperidine rings is 2. The number of likely N-dealkylation sites (tertiary alicyclic amines) is 2. The quantitative estimate of drug-likeness (QED) is 0.653. The molecule has 0 saturated carbocycles. The van der Waals surface area contributed by atoms with Crippen LogP contribution in [0, 0.1) is 0 Å². The summed E-state index contributed by atoms with van der Waals surface area (Å²) in [5, 5.41) is 3.02. The first kappa shape index (κ1) is 20.1. The fraction of sp³-hybridized carbons (Fsp3) is 0.737. The lowest BCUT2D eigenvalue weighted by Gasteiger charge is -2.40. The molecule has 0 unspecified atom stereocenters. The fourth-order valence-electron chi connectivity index (χ4n) is 4.03. The van der Waals surface area contributed by atoms with Crippen LogP contribution < -0.4 is 10.1 Å². The first-order valence-electron chi connectivity index (χ1n) is 9.75. The van der Waals surface area contributed by atoms with E-state index in [-0.39, 0.29) is 5.91 Å². The van der Waals surface area contributed by atoms with Crippen molar-refractivity contribution in [2.75, 3.05) is 46.4 Å². The molecular weight excluding hydrogens is 414 g/mol. The molecule has 0 aliphatic carbocycles. The van der Waals surface area contributed by atoms with Gasteiger partial charge in [-0.3, -0.25) is 4.79 Å². The molecule has 7 heteroatoms. The minimum absolute atomic E-state index is 0.0404. The Morgan fingerprint density at radius 1 is 1.27 bits per heavy atom. The average Bonchev–Trinajstić information content (AvgIpc) is 3.07. The maximum absolute atomic E-state index is 12.3. The maximum atomic E-state index is 12.3. The topological polar surface area (TPSA) is 44.8 Å². The van der Waals surface area contributed by atoms with E-state index in [1.54, 1.807) is 7.11 Å². The van der Waals surface area contributed by atoms with Crippen LogP contribution in [-0.2, 0) is 0 Å². The number of hydrogen-bond acceptors (Lipinski definition) is 5. The third kappa shape index (κ3) is 5.44. The number of methoxy groups -OCH3 is 1. The fourth-order valence-corrected chi connectivity index (χ4v) is 5.49. The van der Waals surface area contributed by atoms with Gasteiger partial charge < -0.3 is 19.9 Å². The molecule has 1 N–H and O–H groups in total. The molecule has 2 fully saturated rings. The number of amides is 1. The number of nitrogens with one attached hydrogen (secondary N) is 1. The molecule has 1 amide bonds. The molecule has 5 nitrogen and oxygen atoms in total. The summed E-state index contributed by atoms with van der Waals surface area (Å²) in [6.45, 7) is 6.78. The molecule has 1 aromatic heterocycles. The first-order valence-corrected chi connectivity index (χ1v) is 11.4. The van der Waals surface area contributed by atoms with Gasteiger partial charge in [0.1, 0.15) is 10.6 Å². The molecule has 0 spiro atoms. The molecular formula is C19H30BrN3O2S. The third-order valence-corrected chi connectivity index (χ3v) is 7.11. The number of thiophene rings is 1. The van der Waals surface area contributed by atoms with Crippen LogP contribution in [0.2, 0.25) is 0 Å². The van der Waals surface area contributed by atoms with E-state index in [1.807, 2.05) is 6.07 Å². The van der Waals surface area contributed by atoms with Gasteiger partial charge in [0.2, 0.25) is 0 Å². The zero-order valence-electron chi connectivity index (χ0n) is 15.6. The van der Waals surface area contributed by atoms with E-state index in [1.165, 1.54) is 69.6 Å². The van der Waals surface area contributed by atoms with Crippen molar-refractivity contribution in [1.82, 2.24) is 15.1 Å². The van der Waals surface area contributed by atoms with Gasteiger partial charge in [0, 0.05) is 18.7 Å². The number of carbonyl (C=O) groups excluding carboxylic acids is 1. The summed E-state index contributed by atoms with van der Waals surface area (Å²) in [6.07, 6.45) is 7.76. The van der Waals surface area contributed by atoms with Gasteiger partial charge in [0.05, 0.1) is 10.9 Å². The summed E-state index contributed by atoms with van der Waals surface area (Å²) in [5.41, 5.74) is 0. The van der Waals surface area contributed by atoms with Gasteiger partial charge in [-0.15, -0.1) is 11.3 Å². The second-order valence-corrected chi connectivity index (χ2v) is 9.66. The molecule has 1 aromatic rings. The van der Waals surface area contributed by atoms with Crippen LogP contribution in [0.25, 0.3) is 0 Å². The Morgan fingerprint density at radius 2 is 2.00 bits per heavy atom. The number of rotatable bonds is 7. The highest BCUT2D eigenvalue weighted by atomic mass is 79.9. The lowest BCUT2D eigenvalue weighted by atomic mass is 10.00. The highest BCUT2D eigenvalue weighted by molar-refractivity contribution is 9.11. The van der Waals surface area contributed by atoms with Crippen molar-refractivity contribution in [2.24, 2.45) is 0 Å². The Labute approximate surface area is 169 Å². The monoisotopic (exact) mass is 443 g/mol. The Balaban J connectivity index is 1.32. The van der Waals surface area contributed by atoms with Crippen LogP contribution >= 0.6 is 27.3 Å². The molecule has 2 aliphatic heterocycles. The van der Waals surface area contributed by atoms with Crippen LogP contribution in [-0.4, -0.2) is 68.1 Å². The molecule has 146 valence electrons. The van der Waals surface area contributed by atoms with E-state index in [0.717, 1.165) is 22.8 Å².